The second kappa shape index (κ2) is 41.2. The highest BCUT2D eigenvalue weighted by molar-refractivity contribution is 5.93. The first-order valence-corrected chi connectivity index (χ1v) is 32.7. The van der Waals surface area contributed by atoms with Gasteiger partial charge in [-0.1, -0.05) is 0 Å². The quantitative estimate of drug-likeness (QED) is 0.0254. The molecule has 0 aromatic rings. The van der Waals surface area contributed by atoms with Crippen molar-refractivity contribution in [2.24, 2.45) is 17.2 Å². The van der Waals surface area contributed by atoms with Crippen molar-refractivity contribution in [1.82, 2.24) is 47.9 Å². The fourth-order valence-electron chi connectivity index (χ4n) is 11.3. The Morgan fingerprint density at radius 3 is 1.41 bits per heavy atom. The van der Waals surface area contributed by atoms with E-state index in [1.54, 1.807) is 0 Å². The van der Waals surface area contributed by atoms with Crippen LogP contribution < -0.4 is 65.1 Å². The molecule has 11 amide bonds. The molecule has 0 aromatic carbocycles. The fourth-order valence-corrected chi connectivity index (χ4v) is 11.3. The Morgan fingerprint density at radius 2 is 0.903 bits per heavy atom. The Balaban J connectivity index is 1.67. The molecule has 4 heterocycles. The molecule has 103 heavy (non-hydrogen) atoms. The third kappa shape index (κ3) is 25.6. The third-order valence-corrected chi connectivity index (χ3v) is 16.7. The summed E-state index contributed by atoms with van der Waals surface area (Å²) in [5.41, 5.74) is 16.2. The fraction of sp³-hybridized carbons (Fsp3) is 0.780. The number of carbonyl (C=O) groups excluding carboxylic acids is 11. The van der Waals surface area contributed by atoms with Crippen LogP contribution in [0.2, 0.25) is 0 Å². The van der Waals surface area contributed by atoms with Gasteiger partial charge < -0.3 is 159 Å². The number of unbranched alkanes of at least 4 members (excludes halogenated alkanes) is 1. The van der Waals surface area contributed by atoms with Crippen molar-refractivity contribution in [3.63, 3.8) is 0 Å². The Kier molecular flexibility index (Phi) is 35.1. The van der Waals surface area contributed by atoms with Gasteiger partial charge in [0.05, 0.1) is 38.9 Å². The zero-order valence-electron chi connectivity index (χ0n) is 57.6. The maximum absolute atomic E-state index is 14.3. The Hall–Kier alpha value is -7.61. The van der Waals surface area contributed by atoms with Crippen molar-refractivity contribution in [1.29, 1.82) is 0 Å². The number of aliphatic hydroxyl groups is 8. The molecule has 0 saturated carbocycles. The van der Waals surface area contributed by atoms with Crippen molar-refractivity contribution in [3.05, 3.63) is 0 Å². The van der Waals surface area contributed by atoms with Crippen molar-refractivity contribution in [2.45, 2.75) is 259 Å². The van der Waals surface area contributed by atoms with E-state index in [9.17, 15) is 113 Å². The highest BCUT2D eigenvalue weighted by atomic mass is 16.8. The van der Waals surface area contributed by atoms with Gasteiger partial charge in [-0.2, -0.15) is 0 Å². The topological polar surface area (TPSA) is 694 Å². The molecule has 0 bridgehead atoms. The summed E-state index contributed by atoms with van der Waals surface area (Å²) in [4.78, 5) is 166. The van der Waals surface area contributed by atoms with Crippen LogP contribution >= 0.6 is 0 Å². The molecule has 4 aliphatic heterocycles. The van der Waals surface area contributed by atoms with Crippen molar-refractivity contribution in [3.8, 4) is 0 Å². The van der Waals surface area contributed by atoms with Crippen LogP contribution in [0.3, 0.4) is 0 Å². The number of amides is 11. The number of hydrogen-bond acceptors (Lipinski definition) is 31. The number of aliphatic hydroxyl groups excluding tert-OH is 8. The summed E-state index contributed by atoms with van der Waals surface area (Å²) in [6.45, 7) is 4.29. The number of ether oxygens (including phenoxy) is 9. The minimum Gasteiger partial charge on any atom is -0.480 e. The Bertz CT molecular complexity index is 2930. The minimum absolute atomic E-state index is 0.0359. The Morgan fingerprint density at radius 1 is 0.447 bits per heavy atom. The van der Waals surface area contributed by atoms with Crippen LogP contribution in [0.4, 0.5) is 0 Å². The SMILES string of the molecule is CC(=O)NC1C(OC2C(CO)OC(OC3C(CO)OC(OC4C(CO)OC(O)C(NC(C)=O)C4OC(C)C(=O)O)C(NC(C)=O)C3O)C(NC(C)=O)C2OC(C)C(=O)NC(C)C(=O)NC(CCC(=O)NC(CCCCNC(=O)CC(N)C(N)=O)C(=O)NC(C)C(=O)O)C(N)=O)OC(CO)C(O)C1O. The number of primary amides is 2. The van der Waals surface area contributed by atoms with E-state index >= 15 is 0 Å². The first-order valence-electron chi connectivity index (χ1n) is 32.7. The largest absolute Gasteiger partial charge is 0.480 e. The molecule has 4 rings (SSSR count). The minimum atomic E-state index is -2.16. The summed E-state index contributed by atoms with van der Waals surface area (Å²) < 4.78 is 54.7. The van der Waals surface area contributed by atoms with Gasteiger partial charge in [0, 0.05) is 40.7 Å². The van der Waals surface area contributed by atoms with E-state index in [1.165, 1.54) is 0 Å². The predicted octanol–water partition coefficient (Wildman–Crippen LogP) is -12.4. The van der Waals surface area contributed by atoms with E-state index in [1.807, 2.05) is 0 Å². The van der Waals surface area contributed by atoms with Gasteiger partial charge in [-0.05, 0) is 53.4 Å². The monoisotopic (exact) mass is 1490 g/mol. The molecule has 0 spiro atoms. The van der Waals surface area contributed by atoms with Crippen LogP contribution in [0.15, 0.2) is 0 Å². The molecule has 44 nitrogen and oxygen atoms in total. The van der Waals surface area contributed by atoms with Crippen LogP contribution in [0, 0.1) is 0 Å². The van der Waals surface area contributed by atoms with Gasteiger partial charge in [0.15, 0.2) is 31.3 Å². The summed E-state index contributed by atoms with van der Waals surface area (Å²) in [6, 6.07) is -14.4. The van der Waals surface area contributed by atoms with Crippen molar-refractivity contribution >= 4 is 76.9 Å². The maximum Gasteiger partial charge on any atom is 0.332 e. The predicted molar refractivity (Wildman–Crippen MR) is 338 cm³/mol. The summed E-state index contributed by atoms with van der Waals surface area (Å²) in [5.74, 6) is -13.1. The number of rotatable bonds is 39. The van der Waals surface area contributed by atoms with Gasteiger partial charge >= 0.3 is 11.9 Å². The van der Waals surface area contributed by atoms with Gasteiger partial charge in [-0.15, -0.1) is 0 Å². The average molecular weight is 1490 g/mol. The normalized spacial score (nSPS) is 31.2. The molecule has 4 saturated heterocycles. The molecule has 25 N–H and O–H groups in total. The summed E-state index contributed by atoms with van der Waals surface area (Å²) in [6.07, 6.45) is -35.1. The number of nitrogens with one attached hydrogen (secondary N) is 9. The van der Waals surface area contributed by atoms with Crippen molar-refractivity contribution < 1.29 is 156 Å². The molecule has 586 valence electrons. The molecule has 0 aromatic heterocycles. The molecule has 27 atom stereocenters. The Labute approximate surface area is 588 Å². The van der Waals surface area contributed by atoms with E-state index in [0.717, 1.165) is 55.4 Å². The third-order valence-electron chi connectivity index (χ3n) is 16.7. The lowest BCUT2D eigenvalue weighted by Gasteiger charge is -2.52. The van der Waals surface area contributed by atoms with Crippen LogP contribution in [0.1, 0.15) is 93.9 Å². The highest BCUT2D eigenvalue weighted by Gasteiger charge is 2.58. The number of hydrogen-bond donors (Lipinski definition) is 22. The lowest BCUT2D eigenvalue weighted by atomic mass is 9.92. The lowest BCUT2D eigenvalue weighted by molar-refractivity contribution is -0.366. The summed E-state index contributed by atoms with van der Waals surface area (Å²) in [7, 11) is 0. The molecular formula is C59H98N12O32. The van der Waals surface area contributed by atoms with Gasteiger partial charge in [-0.25, -0.2) is 4.79 Å². The standard InChI is InChI=1S/C59H98N12O32/c1-20(51(87)71-29(50(62)86)12-13-35(80)70-30(53(89)65-21(2)54(90)91)11-9-10-14-63-36(81)15-28(60)49(61)85)64-52(88)22(3)95-48-40(69-27(8)79)59(100-34(19-75)46(48)103-57-37(66-24(5)76)42(83)41(82)31(16-72)98-57)101-44-32(17-73)99-58(38(43(44)84)67-25(6)77)102-45-33(18-74)97-56(94)39(68-26(7)78)47(45)96-23(4)55(92)93/h20-23,28-34,37-48,56-59,72-75,82-84,94H,9-19,60H2,1-8H3,(H2,61,85)(H2,62,86)(H,63,81)(H,64,88)(H,65,89)(H,66,76)(H,67,77)(H,68,78)(H,69,79)(H,70,80)(H,71,87)(H,90,91)(H,92,93). The molecule has 0 aliphatic carbocycles. The first-order chi connectivity index (χ1) is 48.3. The second-order valence-corrected chi connectivity index (χ2v) is 24.9. The first kappa shape index (κ1) is 87.8. The van der Waals surface area contributed by atoms with E-state index in [4.69, 9.17) is 59.8 Å². The zero-order chi connectivity index (χ0) is 77.6. The maximum atomic E-state index is 14.3. The molecular weight excluding hydrogens is 1390 g/mol. The molecule has 44 heteroatoms. The van der Waals surface area contributed by atoms with Crippen LogP contribution in [-0.2, 0) is 105 Å². The molecule has 27 unspecified atom stereocenters. The second-order valence-electron chi connectivity index (χ2n) is 24.9. The zero-order valence-corrected chi connectivity index (χ0v) is 57.6. The highest BCUT2D eigenvalue weighted by Crippen LogP contribution is 2.36. The number of carboxylic acids is 2. The molecule has 0 radical (unpaired) electrons. The van der Waals surface area contributed by atoms with E-state index in [0.29, 0.717) is 0 Å². The van der Waals surface area contributed by atoms with Crippen LogP contribution in [0.5, 0.6) is 0 Å². The van der Waals surface area contributed by atoms with Gasteiger partial charge in [0.1, 0.15) is 128 Å². The molecule has 4 fully saturated rings. The number of nitrogens with two attached hydrogens (primary N) is 3. The summed E-state index contributed by atoms with van der Waals surface area (Å²) >= 11 is 0. The number of carboxylic acid groups (broad SMARTS) is 2. The van der Waals surface area contributed by atoms with E-state index in [2.05, 4.69) is 47.9 Å². The summed E-state index contributed by atoms with van der Waals surface area (Å²) in [5, 5.41) is 129. The number of carbonyl (C=O) groups is 13. The molecule has 4 aliphatic rings. The van der Waals surface area contributed by atoms with Gasteiger partial charge in [-0.3, -0.25) is 57.5 Å². The van der Waals surface area contributed by atoms with Crippen LogP contribution in [0.25, 0.3) is 0 Å². The smallest absolute Gasteiger partial charge is 0.332 e. The average Bonchev–Trinajstić information content (AvgIpc) is 0.769. The van der Waals surface area contributed by atoms with Crippen molar-refractivity contribution in [2.75, 3.05) is 33.0 Å². The van der Waals surface area contributed by atoms with E-state index < -0.39 is 288 Å². The van der Waals surface area contributed by atoms with Gasteiger partial charge in [0.25, 0.3) is 0 Å². The van der Waals surface area contributed by atoms with E-state index in [-0.39, 0.29) is 25.8 Å². The lowest BCUT2D eigenvalue weighted by Crippen LogP contribution is -2.72. The van der Waals surface area contributed by atoms with Gasteiger partial charge in [0.2, 0.25) is 65.0 Å². The van der Waals surface area contributed by atoms with Crippen LogP contribution in [-0.4, -0.2) is 326 Å². The number of aliphatic carboxylic acids is 2.